The van der Waals surface area contributed by atoms with E-state index < -0.39 is 61.3 Å². The molecule has 0 aromatic rings. The van der Waals surface area contributed by atoms with Crippen LogP contribution in [0.5, 0.6) is 0 Å². The Kier molecular flexibility index (Phi) is 17.7. The van der Waals surface area contributed by atoms with Crippen molar-refractivity contribution in [2.24, 2.45) is 5.92 Å². The first-order chi connectivity index (χ1) is 26.7. The third kappa shape index (κ3) is 14.6. The average Bonchev–Trinajstić information content (AvgIpc) is 3.61. The van der Waals surface area contributed by atoms with Gasteiger partial charge in [-0.1, -0.05) is 20.3 Å². The van der Waals surface area contributed by atoms with Crippen LogP contribution in [0.1, 0.15) is 59.3 Å². The number of esters is 3. The van der Waals surface area contributed by atoms with Crippen molar-refractivity contribution in [3.05, 3.63) is 0 Å². The number of carbonyl (C=O) groups excluding carboxylic acids is 7. The van der Waals surface area contributed by atoms with Crippen molar-refractivity contribution < 1.29 is 57.8 Å². The molecule has 0 aliphatic carbocycles. The minimum atomic E-state index is -1.76. The fraction of sp³-hybridized carbons (Fsp3) is 0.800. The summed E-state index contributed by atoms with van der Waals surface area (Å²) in [7, 11) is -1.66. The van der Waals surface area contributed by atoms with Crippen LogP contribution in [0, 0.1) is 5.92 Å². The smallest absolute Gasteiger partial charge is 0.426 e. The Balaban J connectivity index is 1.20. The fourth-order valence-corrected chi connectivity index (χ4v) is 7.11. The normalized spacial score (nSPS) is 26.3. The Hall–Kier alpha value is -3.89. The van der Waals surface area contributed by atoms with Gasteiger partial charge in [0.25, 0.3) is 0 Å². The lowest BCUT2D eigenvalue weighted by Crippen LogP contribution is -2.56. The number of hydrogen-bond donors (Lipinski definition) is 5. The number of fused-ring (bicyclic) bond motifs is 7. The van der Waals surface area contributed by atoms with E-state index in [0.717, 1.165) is 0 Å². The van der Waals surface area contributed by atoms with E-state index in [-0.39, 0.29) is 50.3 Å². The van der Waals surface area contributed by atoms with Gasteiger partial charge in [0.05, 0.1) is 32.1 Å². The molecular weight excluding hydrogens is 735 g/mol. The first kappa shape index (κ1) is 44.8. The van der Waals surface area contributed by atoms with Crippen LogP contribution < -0.4 is 16.0 Å². The second kappa shape index (κ2) is 22.2. The maximum Gasteiger partial charge on any atom is 0.475 e. The first-order valence-corrected chi connectivity index (χ1v) is 19.7. The number of nitrogens with one attached hydrogen (secondary N) is 3. The molecule has 56 heavy (non-hydrogen) atoms. The van der Waals surface area contributed by atoms with E-state index in [1.165, 1.54) is 11.8 Å². The monoisotopic (exact) mass is 794 g/mol. The summed E-state index contributed by atoms with van der Waals surface area (Å²) in [6, 6.07) is -1.78. The van der Waals surface area contributed by atoms with Gasteiger partial charge in [0, 0.05) is 71.9 Å². The molecule has 5 N–H and O–H groups in total. The van der Waals surface area contributed by atoms with Crippen LogP contribution in [-0.4, -0.2) is 199 Å². The zero-order chi connectivity index (χ0) is 40.8. The van der Waals surface area contributed by atoms with Gasteiger partial charge < -0.3 is 45.1 Å². The molecular formula is C35H59BN8O12. The van der Waals surface area contributed by atoms with Crippen molar-refractivity contribution in [3.63, 3.8) is 0 Å². The molecule has 4 fully saturated rings. The van der Waals surface area contributed by atoms with Gasteiger partial charge in [-0.3, -0.25) is 53.2 Å². The lowest BCUT2D eigenvalue weighted by Gasteiger charge is -2.33. The van der Waals surface area contributed by atoms with Gasteiger partial charge in [0.2, 0.25) is 23.6 Å². The summed E-state index contributed by atoms with van der Waals surface area (Å²) < 4.78 is 15.5. The van der Waals surface area contributed by atoms with Gasteiger partial charge in [0.15, 0.2) is 0 Å². The molecule has 0 radical (unpaired) electrons. The van der Waals surface area contributed by atoms with Crippen LogP contribution >= 0.6 is 0 Å². The van der Waals surface area contributed by atoms with Crippen LogP contribution in [0.4, 0.5) is 0 Å². The van der Waals surface area contributed by atoms with Gasteiger partial charge in [-0.15, -0.1) is 0 Å². The Morgan fingerprint density at radius 2 is 1.27 bits per heavy atom. The summed E-state index contributed by atoms with van der Waals surface area (Å²) >= 11 is 0. The molecule has 4 saturated heterocycles. The molecule has 0 spiro atoms. The second-order valence-electron chi connectivity index (χ2n) is 15.2. The van der Waals surface area contributed by atoms with E-state index in [1.54, 1.807) is 13.8 Å². The number of unbranched alkanes of at least 4 members (excludes halogenated alkanes) is 2. The number of ether oxygens (including phenoxy) is 3. The van der Waals surface area contributed by atoms with E-state index in [9.17, 15) is 43.6 Å². The molecule has 21 heteroatoms. The summed E-state index contributed by atoms with van der Waals surface area (Å²) in [6.45, 7) is 7.65. The Morgan fingerprint density at radius 1 is 0.732 bits per heavy atom. The highest BCUT2D eigenvalue weighted by atomic mass is 16.9. The molecule has 0 saturated carbocycles. The van der Waals surface area contributed by atoms with Crippen molar-refractivity contribution in [3.8, 4) is 0 Å². The molecule has 4 heterocycles. The summed E-state index contributed by atoms with van der Waals surface area (Å²) in [4.78, 5) is 98.7. The molecule has 5 atom stereocenters. The predicted octanol–water partition coefficient (Wildman–Crippen LogP) is -3.53. The van der Waals surface area contributed by atoms with Crippen molar-refractivity contribution >= 4 is 48.7 Å². The highest BCUT2D eigenvalue weighted by molar-refractivity contribution is 6.43. The zero-order valence-electron chi connectivity index (χ0n) is 32.8. The topological polar surface area (TPSA) is 240 Å². The van der Waals surface area contributed by atoms with Crippen LogP contribution in [0.2, 0.25) is 0 Å². The van der Waals surface area contributed by atoms with E-state index in [0.29, 0.717) is 97.6 Å². The minimum Gasteiger partial charge on any atom is -0.426 e. The molecule has 4 aliphatic heterocycles. The van der Waals surface area contributed by atoms with Crippen LogP contribution in [0.15, 0.2) is 0 Å². The molecule has 0 aromatic heterocycles. The van der Waals surface area contributed by atoms with Crippen molar-refractivity contribution in [2.75, 3.05) is 91.6 Å². The van der Waals surface area contributed by atoms with Crippen molar-refractivity contribution in [1.82, 2.24) is 40.4 Å². The van der Waals surface area contributed by atoms with E-state index >= 15 is 0 Å². The highest BCUT2D eigenvalue weighted by Crippen LogP contribution is 2.19. The Morgan fingerprint density at radius 3 is 1.79 bits per heavy atom. The minimum absolute atomic E-state index is 0.0469. The first-order valence-electron chi connectivity index (χ1n) is 19.7. The third-order valence-electron chi connectivity index (χ3n) is 10.4. The summed E-state index contributed by atoms with van der Waals surface area (Å²) in [6.07, 6.45) is 3.08. The SMILES string of the molecule is CC(C)[C@H](NC(=O)CCCCCNC(=O)CN1CCN2CCN3CCN(CC1)CC(=O)OC(OC(=O)C2)OC(=O)C3)C(=O)N[C@H](C)C(=O)N1CCC[C@H]1B(O)O. The molecule has 4 bridgehead atoms. The quantitative estimate of drug-likeness (QED) is 0.0651. The second-order valence-corrected chi connectivity index (χ2v) is 15.2. The maximum absolute atomic E-state index is 13.1. The van der Waals surface area contributed by atoms with Crippen LogP contribution in [0.3, 0.4) is 0 Å². The molecule has 314 valence electrons. The summed E-state index contributed by atoms with van der Waals surface area (Å²) in [5, 5.41) is 27.6. The number of carbonyl (C=O) groups is 7. The van der Waals surface area contributed by atoms with Crippen molar-refractivity contribution in [2.45, 2.75) is 83.8 Å². The van der Waals surface area contributed by atoms with Gasteiger partial charge in [0.1, 0.15) is 12.1 Å². The molecule has 4 rings (SSSR count). The molecule has 0 aromatic carbocycles. The van der Waals surface area contributed by atoms with Crippen LogP contribution in [0.25, 0.3) is 0 Å². The average molecular weight is 795 g/mol. The number of likely N-dealkylation sites (tertiary alicyclic amines) is 1. The van der Waals surface area contributed by atoms with E-state index in [1.807, 2.05) is 19.6 Å². The predicted molar refractivity (Wildman–Crippen MR) is 199 cm³/mol. The lowest BCUT2D eigenvalue weighted by atomic mass is 9.78. The number of hydrogen-bond acceptors (Lipinski definition) is 16. The molecule has 20 nitrogen and oxygen atoms in total. The highest BCUT2D eigenvalue weighted by Gasteiger charge is 2.39. The zero-order valence-corrected chi connectivity index (χ0v) is 32.8. The molecule has 2 unspecified atom stereocenters. The third-order valence-corrected chi connectivity index (χ3v) is 10.4. The Bertz CT molecular complexity index is 1360. The molecule has 4 amide bonds. The maximum atomic E-state index is 13.1. The fourth-order valence-electron chi connectivity index (χ4n) is 7.11. The van der Waals surface area contributed by atoms with Gasteiger partial charge in [-0.25, -0.2) is 0 Å². The largest absolute Gasteiger partial charge is 0.475 e. The summed E-state index contributed by atoms with van der Waals surface area (Å²) in [5.41, 5.74) is 0. The summed E-state index contributed by atoms with van der Waals surface area (Å²) in [5.74, 6) is -4.46. The Labute approximate surface area is 328 Å². The van der Waals surface area contributed by atoms with Gasteiger partial charge in [-0.2, -0.15) is 0 Å². The van der Waals surface area contributed by atoms with Gasteiger partial charge >= 0.3 is 31.5 Å². The van der Waals surface area contributed by atoms with E-state index in [2.05, 4.69) is 16.0 Å². The molecule has 4 aliphatic rings. The number of amides is 4. The van der Waals surface area contributed by atoms with Crippen molar-refractivity contribution in [1.29, 1.82) is 0 Å². The standard InChI is InChI=1S/C35H59BN8O12/c1-24(2)32(33(50)38-25(3)34(51)44-11-7-8-26(44)36(52)53)39-27(45)9-5-4-6-10-37-28(46)20-40-12-14-41-16-18-43-19-17-42(15-13-40)22-30(48)55-35(54-29(47)21-41)56-31(49)23-43/h24-26,32,35,52-53H,4-23H2,1-3H3,(H,37,46)(H,38,50)(H,39,45)/t25-,26+,32+/m1/s1. The number of nitrogens with zero attached hydrogens (tertiary/aromatic N) is 5. The van der Waals surface area contributed by atoms with Crippen LogP contribution in [-0.2, 0) is 47.8 Å². The number of rotatable bonds is 14. The van der Waals surface area contributed by atoms with Gasteiger partial charge in [-0.05, 0) is 38.5 Å². The van der Waals surface area contributed by atoms with E-state index in [4.69, 9.17) is 14.2 Å². The lowest BCUT2D eigenvalue weighted by molar-refractivity contribution is -0.258.